The molecule has 13 nitrogen and oxygen atoms in total. The molecule has 1 aliphatic heterocycles. The minimum absolute atomic E-state index is 0.0739. The lowest BCUT2D eigenvalue weighted by atomic mass is 9.98. The Bertz CT molecular complexity index is 1330. The number of amides is 2. The molecule has 1 saturated heterocycles. The van der Waals surface area contributed by atoms with Crippen LogP contribution in [0.3, 0.4) is 0 Å². The molecule has 2 aromatic rings. The van der Waals surface area contributed by atoms with E-state index < -0.39 is 54.5 Å². The lowest BCUT2D eigenvalue weighted by molar-refractivity contribution is -0.266. The molecule has 45 heavy (non-hydrogen) atoms. The zero-order valence-corrected chi connectivity index (χ0v) is 25.4. The predicted octanol–water partition coefficient (Wildman–Crippen LogP) is 2.59. The van der Waals surface area contributed by atoms with Gasteiger partial charge in [0.25, 0.3) is 0 Å². The van der Waals surface area contributed by atoms with Gasteiger partial charge in [-0.3, -0.25) is 19.2 Å². The quantitative estimate of drug-likeness (QED) is 0.191. The summed E-state index contributed by atoms with van der Waals surface area (Å²) in [6.07, 6.45) is -3.87. The predicted molar refractivity (Wildman–Crippen MR) is 158 cm³/mol. The fraction of sp³-hybridized carbons (Fsp3) is 0.469. The first-order valence-corrected chi connectivity index (χ1v) is 14.7. The summed E-state index contributed by atoms with van der Waals surface area (Å²) in [6.45, 7) is 3.71. The number of nitrogens with one attached hydrogen (secondary N) is 2. The highest BCUT2D eigenvalue weighted by molar-refractivity contribution is 5.82. The molecule has 4 rings (SSSR count). The maximum atomic E-state index is 12.3. The third kappa shape index (κ3) is 9.50. The van der Waals surface area contributed by atoms with Crippen molar-refractivity contribution >= 4 is 29.9 Å². The normalized spacial score (nSPS) is 20.2. The van der Waals surface area contributed by atoms with Gasteiger partial charge >= 0.3 is 24.0 Å². The van der Waals surface area contributed by atoms with Gasteiger partial charge < -0.3 is 39.1 Å². The zero-order valence-electron chi connectivity index (χ0n) is 25.4. The maximum absolute atomic E-state index is 12.3. The van der Waals surface area contributed by atoms with Crippen molar-refractivity contribution in [3.63, 3.8) is 0 Å². The topological polar surface area (TPSA) is 165 Å². The number of esters is 3. The Morgan fingerprint density at radius 2 is 1.44 bits per heavy atom. The Kier molecular flexibility index (Phi) is 11.9. The Labute approximate surface area is 260 Å². The number of ether oxygens (including phenoxy) is 6. The molecule has 2 aliphatic rings. The van der Waals surface area contributed by atoms with Crippen LogP contribution >= 0.6 is 0 Å². The lowest BCUT2D eigenvalue weighted by Gasteiger charge is -2.39. The molecule has 1 heterocycles. The maximum Gasteiger partial charge on any atom is 0.407 e. The Morgan fingerprint density at radius 1 is 0.800 bits per heavy atom. The van der Waals surface area contributed by atoms with Gasteiger partial charge in [-0.1, -0.05) is 48.5 Å². The van der Waals surface area contributed by atoms with Crippen molar-refractivity contribution in [2.75, 3.05) is 32.9 Å². The van der Waals surface area contributed by atoms with Gasteiger partial charge in [0.1, 0.15) is 25.4 Å². The summed E-state index contributed by atoms with van der Waals surface area (Å²) in [5.74, 6) is -2.25. The van der Waals surface area contributed by atoms with E-state index >= 15 is 0 Å². The molecule has 242 valence electrons. The van der Waals surface area contributed by atoms with Gasteiger partial charge in [0.05, 0.1) is 13.2 Å². The van der Waals surface area contributed by atoms with Crippen molar-refractivity contribution in [1.29, 1.82) is 0 Å². The molecule has 0 radical (unpaired) electrons. The van der Waals surface area contributed by atoms with Crippen LogP contribution in [-0.2, 0) is 47.6 Å². The molecule has 0 bridgehead atoms. The van der Waals surface area contributed by atoms with Gasteiger partial charge in [0.2, 0.25) is 5.91 Å². The summed E-state index contributed by atoms with van der Waals surface area (Å²) in [7, 11) is 0. The number of rotatable bonds is 13. The molecule has 13 heteroatoms. The number of fused-ring (bicyclic) bond motifs is 3. The van der Waals surface area contributed by atoms with Crippen LogP contribution in [0.5, 0.6) is 0 Å². The van der Waals surface area contributed by atoms with Gasteiger partial charge in [-0.15, -0.1) is 0 Å². The van der Waals surface area contributed by atoms with Gasteiger partial charge in [-0.2, -0.15) is 0 Å². The molecule has 0 unspecified atom stereocenters. The molecule has 2 aromatic carbocycles. The number of carbonyl (C=O) groups is 5. The van der Waals surface area contributed by atoms with E-state index in [1.54, 1.807) is 0 Å². The molecular weight excluding hydrogens is 588 g/mol. The van der Waals surface area contributed by atoms with Crippen LogP contribution < -0.4 is 10.6 Å². The van der Waals surface area contributed by atoms with E-state index in [1.165, 1.54) is 20.8 Å². The first-order valence-electron chi connectivity index (χ1n) is 14.7. The molecular formula is C32H38N2O11. The average molecular weight is 627 g/mol. The fourth-order valence-corrected chi connectivity index (χ4v) is 5.38. The molecule has 0 saturated carbocycles. The smallest absolute Gasteiger partial charge is 0.407 e. The van der Waals surface area contributed by atoms with Gasteiger partial charge in [-0.05, 0) is 28.7 Å². The summed E-state index contributed by atoms with van der Waals surface area (Å²) < 4.78 is 32.7. The van der Waals surface area contributed by atoms with Crippen LogP contribution in [0.1, 0.15) is 50.7 Å². The highest BCUT2D eigenvalue weighted by Gasteiger charge is 2.44. The number of benzene rings is 2. The van der Waals surface area contributed by atoms with Crippen LogP contribution in [-0.4, -0.2) is 87.4 Å². The molecule has 1 fully saturated rings. The van der Waals surface area contributed by atoms with Crippen LogP contribution in [0.4, 0.5) is 4.79 Å². The molecule has 2 N–H and O–H groups in total. The van der Waals surface area contributed by atoms with Gasteiger partial charge in [0.15, 0.2) is 12.4 Å². The number of hydrogen-bond donors (Lipinski definition) is 2. The van der Waals surface area contributed by atoms with E-state index in [-0.39, 0.29) is 45.2 Å². The molecule has 0 spiro atoms. The van der Waals surface area contributed by atoms with E-state index in [0.717, 1.165) is 22.3 Å². The van der Waals surface area contributed by atoms with E-state index in [4.69, 9.17) is 28.4 Å². The SMILES string of the molecule is CC(=O)OC[C@H]1O[C@@H](OCCCNC(=O)CNC(=O)OCC2c3ccccc3-c3ccccc32)C[C@@H](OC(C)=O)[C@H]1OC(C)=O. The first kappa shape index (κ1) is 33.4. The van der Waals surface area contributed by atoms with E-state index in [9.17, 15) is 24.0 Å². The highest BCUT2D eigenvalue weighted by Crippen LogP contribution is 2.44. The van der Waals surface area contributed by atoms with Gasteiger partial charge in [0, 0.05) is 39.7 Å². The fourth-order valence-electron chi connectivity index (χ4n) is 5.38. The Hall–Kier alpha value is -4.49. The van der Waals surface area contributed by atoms with Crippen molar-refractivity contribution in [3.05, 3.63) is 59.7 Å². The number of alkyl carbamates (subject to hydrolysis) is 1. The highest BCUT2D eigenvalue weighted by atomic mass is 16.7. The van der Waals surface area contributed by atoms with Crippen molar-refractivity contribution in [2.24, 2.45) is 0 Å². The Balaban J connectivity index is 1.16. The molecule has 4 atom stereocenters. The monoisotopic (exact) mass is 626 g/mol. The minimum Gasteiger partial charge on any atom is -0.463 e. The van der Waals surface area contributed by atoms with Crippen molar-refractivity contribution in [3.8, 4) is 11.1 Å². The largest absolute Gasteiger partial charge is 0.463 e. The number of carbonyl (C=O) groups excluding carboxylic acids is 5. The van der Waals surface area contributed by atoms with Crippen LogP contribution in [0, 0.1) is 0 Å². The molecule has 1 aliphatic carbocycles. The van der Waals surface area contributed by atoms with Crippen molar-refractivity contribution < 1.29 is 52.4 Å². The standard InChI is InChI=1S/C32H38N2O11/c1-19(35)41-18-28-31(44-21(3)37)27(43-20(2)36)15-30(45-28)40-14-8-13-33-29(38)16-34-32(39)42-17-26-24-11-6-4-9-22(24)23-10-5-7-12-25(23)26/h4-7,9-12,26-28,30-31H,8,13-18H2,1-3H3,(H,33,38)(H,34,39)/t27-,28-,30-,31-/m1/s1. The second kappa shape index (κ2) is 16.0. The first-order chi connectivity index (χ1) is 21.6. The van der Waals surface area contributed by atoms with E-state index in [2.05, 4.69) is 22.8 Å². The van der Waals surface area contributed by atoms with Crippen LogP contribution in [0.15, 0.2) is 48.5 Å². The Morgan fingerprint density at radius 3 is 2.07 bits per heavy atom. The molecule has 2 amide bonds. The third-order valence-corrected chi connectivity index (χ3v) is 7.24. The second-order valence-corrected chi connectivity index (χ2v) is 10.6. The summed E-state index contributed by atoms with van der Waals surface area (Å²) in [6, 6.07) is 16.0. The zero-order chi connectivity index (χ0) is 32.3. The molecule has 0 aromatic heterocycles. The van der Waals surface area contributed by atoms with Crippen LogP contribution in [0.2, 0.25) is 0 Å². The second-order valence-electron chi connectivity index (χ2n) is 10.6. The van der Waals surface area contributed by atoms with Crippen molar-refractivity contribution in [2.45, 2.75) is 64.1 Å². The minimum atomic E-state index is -0.992. The third-order valence-electron chi connectivity index (χ3n) is 7.24. The van der Waals surface area contributed by atoms with Crippen molar-refractivity contribution in [1.82, 2.24) is 10.6 Å². The summed E-state index contributed by atoms with van der Waals surface area (Å²) in [5, 5.41) is 5.16. The summed E-state index contributed by atoms with van der Waals surface area (Å²) >= 11 is 0. The summed E-state index contributed by atoms with van der Waals surface area (Å²) in [5.41, 5.74) is 4.43. The van der Waals surface area contributed by atoms with E-state index in [1.807, 2.05) is 36.4 Å². The van der Waals surface area contributed by atoms with Gasteiger partial charge in [-0.25, -0.2) is 4.79 Å². The summed E-state index contributed by atoms with van der Waals surface area (Å²) in [4.78, 5) is 59.2. The van der Waals surface area contributed by atoms with Crippen LogP contribution in [0.25, 0.3) is 11.1 Å². The van der Waals surface area contributed by atoms with E-state index in [0.29, 0.717) is 6.42 Å². The number of hydrogen-bond acceptors (Lipinski definition) is 11. The lowest BCUT2D eigenvalue weighted by Crippen LogP contribution is -2.54. The average Bonchev–Trinajstić information content (AvgIpc) is 3.32.